The highest BCUT2D eigenvalue weighted by atomic mass is 19.4. The van der Waals surface area contributed by atoms with E-state index in [0.717, 1.165) is 62.2 Å². The van der Waals surface area contributed by atoms with Crippen molar-refractivity contribution in [3.05, 3.63) is 83.7 Å². The summed E-state index contributed by atoms with van der Waals surface area (Å²) in [6.07, 6.45) is -2.00. The molecule has 0 bridgehead atoms. The predicted molar refractivity (Wildman–Crippen MR) is 158 cm³/mol. The molecule has 3 aromatic carbocycles. The second-order valence-corrected chi connectivity index (χ2v) is 10.5. The lowest BCUT2D eigenvalue weighted by molar-refractivity contribution is -0.137. The number of nitrogens with one attached hydrogen (secondary N) is 1. The lowest BCUT2D eigenvalue weighted by atomic mass is 10.0. The zero-order chi connectivity index (χ0) is 30.4. The van der Waals surface area contributed by atoms with Crippen molar-refractivity contribution in [2.45, 2.75) is 19.1 Å². The lowest BCUT2D eigenvalue weighted by Crippen LogP contribution is -2.44. The number of carbonyl (C=O) groups is 1. The van der Waals surface area contributed by atoms with Gasteiger partial charge < -0.3 is 24.6 Å². The first kappa shape index (κ1) is 30.2. The third kappa shape index (κ3) is 7.60. The van der Waals surface area contributed by atoms with Crippen LogP contribution in [0, 0.1) is 0 Å². The Morgan fingerprint density at radius 1 is 0.953 bits per heavy atom. The number of hydrogen-bond donors (Lipinski definition) is 1. The molecule has 1 aliphatic rings. The quantitative estimate of drug-likeness (QED) is 0.251. The van der Waals surface area contributed by atoms with Gasteiger partial charge in [-0.25, -0.2) is 9.97 Å². The van der Waals surface area contributed by atoms with Crippen molar-refractivity contribution in [1.29, 1.82) is 0 Å². The molecule has 2 heterocycles. The predicted octanol–water partition coefficient (Wildman–Crippen LogP) is 5.27. The van der Waals surface area contributed by atoms with Crippen LogP contribution < -0.4 is 14.8 Å². The average Bonchev–Trinajstić information content (AvgIpc) is 3.02. The molecule has 1 fully saturated rings. The summed E-state index contributed by atoms with van der Waals surface area (Å²) in [4.78, 5) is 26.4. The molecule has 0 atom stereocenters. The van der Waals surface area contributed by atoms with Gasteiger partial charge in [-0.2, -0.15) is 13.2 Å². The molecule has 0 aliphatic carbocycles. The highest BCUT2D eigenvalue weighted by molar-refractivity contribution is 5.97. The Bertz CT molecular complexity index is 1540. The number of ether oxygens (including phenoxy) is 2. The number of nitrogens with zero attached hydrogens (tertiary/aromatic N) is 4. The van der Waals surface area contributed by atoms with Crippen LogP contribution >= 0.6 is 0 Å². The first-order valence-corrected chi connectivity index (χ1v) is 14.1. The number of carbonyl (C=O) groups excluding carboxylic acids is 1. The summed E-state index contributed by atoms with van der Waals surface area (Å²) in [6, 6.07) is 15.4. The number of benzene rings is 3. The zero-order valence-corrected chi connectivity index (χ0v) is 24.2. The van der Waals surface area contributed by atoms with E-state index in [9.17, 15) is 18.0 Å². The number of hydrogen-bond acceptors (Lipinski definition) is 7. The molecule has 8 nitrogen and oxygen atoms in total. The molecule has 1 N–H and O–H groups in total. The average molecular weight is 594 g/mol. The maximum atomic E-state index is 12.8. The minimum absolute atomic E-state index is 0.106. The maximum Gasteiger partial charge on any atom is 0.416 e. The summed E-state index contributed by atoms with van der Waals surface area (Å²) in [5, 5.41) is 3.53. The van der Waals surface area contributed by atoms with Gasteiger partial charge in [-0.15, -0.1) is 0 Å². The molecule has 11 heteroatoms. The number of rotatable bonds is 10. The van der Waals surface area contributed by atoms with Gasteiger partial charge in [-0.05, 0) is 49.4 Å². The van der Waals surface area contributed by atoms with Crippen LogP contribution in [-0.4, -0.2) is 79.2 Å². The van der Waals surface area contributed by atoms with E-state index < -0.39 is 11.7 Å². The van der Waals surface area contributed by atoms with Crippen LogP contribution in [0.5, 0.6) is 11.5 Å². The third-order valence-corrected chi connectivity index (χ3v) is 7.55. The fourth-order valence-corrected chi connectivity index (χ4v) is 4.98. The van der Waals surface area contributed by atoms with Crippen LogP contribution in [0.25, 0.3) is 22.2 Å². The van der Waals surface area contributed by atoms with Gasteiger partial charge in [0.05, 0.1) is 30.5 Å². The minimum Gasteiger partial charge on any atom is -0.493 e. The van der Waals surface area contributed by atoms with Gasteiger partial charge in [-0.1, -0.05) is 24.3 Å². The Morgan fingerprint density at radius 2 is 1.67 bits per heavy atom. The minimum atomic E-state index is -4.40. The molecule has 0 radical (unpaired) electrons. The standard InChI is InChI=1S/C32H34F3N5O3/c1-39-13-15-40(16-14-39)12-3-17-43-29-19-27-26(18-28(29)42-2)30(38-21-37-27)23-6-8-24(9-7-23)31(41)36-20-22-4-10-25(11-5-22)32(33,34)35/h4-11,18-19,21H,3,12-17,20H2,1-2H3,(H,36,41). The summed E-state index contributed by atoms with van der Waals surface area (Å²) in [7, 11) is 3.74. The molecule has 4 aromatic rings. The second-order valence-electron chi connectivity index (χ2n) is 10.5. The number of amides is 1. The van der Waals surface area contributed by atoms with E-state index in [0.29, 0.717) is 40.4 Å². The molecular weight excluding hydrogens is 559 g/mol. The summed E-state index contributed by atoms with van der Waals surface area (Å²) < 4.78 is 50.1. The largest absolute Gasteiger partial charge is 0.493 e. The van der Waals surface area contributed by atoms with Gasteiger partial charge in [-0.3, -0.25) is 4.79 Å². The Balaban J connectivity index is 1.23. The molecule has 0 unspecified atom stereocenters. The molecule has 0 spiro atoms. The fourth-order valence-electron chi connectivity index (χ4n) is 4.98. The Kier molecular flexibility index (Phi) is 9.42. The van der Waals surface area contributed by atoms with Crippen LogP contribution in [0.3, 0.4) is 0 Å². The molecule has 0 saturated carbocycles. The van der Waals surface area contributed by atoms with E-state index in [1.807, 2.05) is 12.1 Å². The number of halogens is 3. The van der Waals surface area contributed by atoms with Crippen molar-refractivity contribution in [2.24, 2.45) is 0 Å². The van der Waals surface area contributed by atoms with Crippen LogP contribution in [0.2, 0.25) is 0 Å². The number of likely N-dealkylation sites (N-methyl/N-ethyl adjacent to an activating group) is 1. The summed E-state index contributed by atoms with van der Waals surface area (Å²) in [5.41, 5.74) is 2.43. The first-order valence-electron chi connectivity index (χ1n) is 14.1. The monoisotopic (exact) mass is 593 g/mol. The van der Waals surface area contributed by atoms with Gasteiger partial charge in [0.1, 0.15) is 6.33 Å². The molecule has 5 rings (SSSR count). The van der Waals surface area contributed by atoms with Crippen LogP contribution in [0.4, 0.5) is 13.2 Å². The van der Waals surface area contributed by atoms with Gasteiger partial charge in [0.2, 0.25) is 0 Å². The Morgan fingerprint density at radius 3 is 2.35 bits per heavy atom. The topological polar surface area (TPSA) is 79.8 Å². The zero-order valence-electron chi connectivity index (χ0n) is 24.2. The highest BCUT2D eigenvalue weighted by Gasteiger charge is 2.30. The van der Waals surface area contributed by atoms with E-state index in [4.69, 9.17) is 9.47 Å². The van der Waals surface area contributed by atoms with E-state index in [-0.39, 0.29) is 12.5 Å². The Hall–Kier alpha value is -4.22. The van der Waals surface area contributed by atoms with Crippen molar-refractivity contribution in [3.63, 3.8) is 0 Å². The number of methoxy groups -OCH3 is 1. The molecule has 1 saturated heterocycles. The second kappa shape index (κ2) is 13.4. The van der Waals surface area contributed by atoms with Crippen LogP contribution in [0.1, 0.15) is 27.9 Å². The summed E-state index contributed by atoms with van der Waals surface area (Å²) in [5.74, 6) is 0.871. The lowest BCUT2D eigenvalue weighted by Gasteiger charge is -2.32. The number of aromatic nitrogens is 2. The molecule has 1 amide bonds. The molecule has 43 heavy (non-hydrogen) atoms. The van der Waals surface area contributed by atoms with Gasteiger partial charge in [0.25, 0.3) is 5.91 Å². The van der Waals surface area contributed by atoms with Crippen molar-refractivity contribution in [1.82, 2.24) is 25.1 Å². The van der Waals surface area contributed by atoms with Crippen LogP contribution in [-0.2, 0) is 12.7 Å². The van der Waals surface area contributed by atoms with E-state index in [2.05, 4.69) is 32.1 Å². The van der Waals surface area contributed by atoms with Crippen LogP contribution in [0.15, 0.2) is 67.0 Å². The highest BCUT2D eigenvalue weighted by Crippen LogP contribution is 2.35. The third-order valence-electron chi connectivity index (χ3n) is 7.55. The number of piperazine rings is 1. The van der Waals surface area contributed by atoms with Crippen molar-refractivity contribution >= 4 is 16.8 Å². The van der Waals surface area contributed by atoms with Crippen molar-refractivity contribution in [3.8, 4) is 22.8 Å². The SMILES string of the molecule is COc1cc2c(-c3ccc(C(=O)NCc4ccc(C(F)(F)F)cc4)cc3)ncnc2cc1OCCCN1CCN(C)CC1. The van der Waals surface area contributed by atoms with E-state index in [1.54, 1.807) is 31.4 Å². The van der Waals surface area contributed by atoms with Crippen molar-refractivity contribution in [2.75, 3.05) is 53.5 Å². The molecule has 1 aromatic heterocycles. The smallest absolute Gasteiger partial charge is 0.416 e. The van der Waals surface area contributed by atoms with Crippen molar-refractivity contribution < 1.29 is 27.4 Å². The first-order chi connectivity index (χ1) is 20.7. The number of alkyl halides is 3. The summed E-state index contributed by atoms with van der Waals surface area (Å²) >= 11 is 0. The Labute approximate surface area is 248 Å². The maximum absolute atomic E-state index is 12.8. The summed E-state index contributed by atoms with van der Waals surface area (Å²) in [6.45, 7) is 5.98. The fraction of sp³-hybridized carbons (Fsp3) is 0.344. The van der Waals surface area contributed by atoms with Gasteiger partial charge in [0.15, 0.2) is 11.5 Å². The number of fused-ring (bicyclic) bond motifs is 1. The normalized spacial score (nSPS) is 14.5. The van der Waals surface area contributed by atoms with E-state index in [1.165, 1.54) is 18.5 Å². The van der Waals surface area contributed by atoms with Gasteiger partial charge >= 0.3 is 6.18 Å². The van der Waals surface area contributed by atoms with Gasteiger partial charge in [0, 0.05) is 61.8 Å². The van der Waals surface area contributed by atoms with E-state index >= 15 is 0 Å². The molecule has 226 valence electrons. The molecular formula is C32H34F3N5O3. The molecule has 1 aliphatic heterocycles.